The number of hydrogen-bond donors (Lipinski definition) is 0. The van der Waals surface area contributed by atoms with Crippen LogP contribution < -0.4 is 0 Å². The summed E-state index contributed by atoms with van der Waals surface area (Å²) in [6, 6.07) is 3.79. The zero-order chi connectivity index (χ0) is 12.7. The fraction of sp³-hybridized carbons (Fsp3) is 0.429. The zero-order valence-corrected chi connectivity index (χ0v) is 10.3. The number of unbranched alkanes of at least 4 members (excludes halogenated alkanes) is 2. The van der Waals surface area contributed by atoms with Gasteiger partial charge < -0.3 is 4.74 Å². The second-order valence-electron chi connectivity index (χ2n) is 3.84. The second kappa shape index (κ2) is 7.05. The van der Waals surface area contributed by atoms with Crippen molar-refractivity contribution in [2.24, 2.45) is 0 Å². The first kappa shape index (κ1) is 13.7. The molecule has 0 saturated carbocycles. The van der Waals surface area contributed by atoms with Gasteiger partial charge in [-0.05, 0) is 37.6 Å². The smallest absolute Gasteiger partial charge is 0.159 e. The van der Waals surface area contributed by atoms with Crippen molar-refractivity contribution in [3.05, 3.63) is 41.5 Å². The van der Waals surface area contributed by atoms with E-state index in [1.54, 1.807) is 6.08 Å². The third-order valence-electron chi connectivity index (χ3n) is 2.47. The molecular formula is C14H18F2O. The van der Waals surface area contributed by atoms with Gasteiger partial charge in [0.05, 0.1) is 6.61 Å². The Labute approximate surface area is 101 Å². The van der Waals surface area contributed by atoms with E-state index < -0.39 is 11.6 Å². The maximum absolute atomic E-state index is 13.1. The molecule has 0 bridgehead atoms. The highest BCUT2D eigenvalue weighted by atomic mass is 19.2. The minimum Gasteiger partial charge on any atom is -0.493 e. The Morgan fingerprint density at radius 2 is 2.00 bits per heavy atom. The van der Waals surface area contributed by atoms with Crippen molar-refractivity contribution in [3.63, 3.8) is 0 Å². The molecule has 17 heavy (non-hydrogen) atoms. The normalized spacial score (nSPS) is 11.6. The molecule has 0 atom stereocenters. The number of ether oxygens (including phenoxy) is 1. The molecule has 0 radical (unpaired) electrons. The van der Waals surface area contributed by atoms with Gasteiger partial charge in [0, 0.05) is 5.56 Å². The third kappa shape index (κ3) is 4.17. The van der Waals surface area contributed by atoms with E-state index in [-0.39, 0.29) is 0 Å². The number of allylic oxidation sites excluding steroid dienone is 1. The maximum Gasteiger partial charge on any atom is 0.159 e. The van der Waals surface area contributed by atoms with E-state index in [1.807, 2.05) is 6.92 Å². The first-order valence-corrected chi connectivity index (χ1v) is 5.93. The van der Waals surface area contributed by atoms with Crippen molar-refractivity contribution in [2.45, 2.75) is 33.1 Å². The van der Waals surface area contributed by atoms with Crippen LogP contribution in [0.25, 0.3) is 5.76 Å². The Hall–Kier alpha value is -1.38. The van der Waals surface area contributed by atoms with Crippen molar-refractivity contribution in [1.82, 2.24) is 0 Å². The Balaban J connectivity index is 2.64. The van der Waals surface area contributed by atoms with Crippen LogP contribution in [0.1, 0.15) is 38.7 Å². The molecule has 3 heteroatoms. The summed E-state index contributed by atoms with van der Waals surface area (Å²) in [6.07, 6.45) is 4.96. The molecule has 0 amide bonds. The van der Waals surface area contributed by atoms with E-state index >= 15 is 0 Å². The largest absolute Gasteiger partial charge is 0.493 e. The lowest BCUT2D eigenvalue weighted by molar-refractivity contribution is 0.267. The molecule has 0 fully saturated rings. The van der Waals surface area contributed by atoms with Gasteiger partial charge in [0.15, 0.2) is 11.6 Å². The molecule has 1 rings (SSSR count). The van der Waals surface area contributed by atoms with E-state index in [4.69, 9.17) is 4.74 Å². The average molecular weight is 240 g/mol. The van der Waals surface area contributed by atoms with Crippen molar-refractivity contribution in [1.29, 1.82) is 0 Å². The van der Waals surface area contributed by atoms with Crippen LogP contribution in [0.15, 0.2) is 24.3 Å². The molecule has 0 N–H and O–H groups in total. The molecule has 0 aliphatic rings. The summed E-state index contributed by atoms with van der Waals surface area (Å²) >= 11 is 0. The molecular weight excluding hydrogens is 222 g/mol. The fourth-order valence-electron chi connectivity index (χ4n) is 1.52. The standard InChI is InChI=1S/C14H18F2O/c1-3-5-6-9-17-14(4-2)11-7-8-12(15)13(16)10-11/h4,7-8,10H,3,5-6,9H2,1-2H3. The van der Waals surface area contributed by atoms with Gasteiger partial charge in [-0.3, -0.25) is 0 Å². The lowest BCUT2D eigenvalue weighted by Crippen LogP contribution is -1.96. The summed E-state index contributed by atoms with van der Waals surface area (Å²) in [5.41, 5.74) is 0.572. The number of halogens is 2. The number of rotatable bonds is 6. The summed E-state index contributed by atoms with van der Waals surface area (Å²) < 4.78 is 31.4. The molecule has 0 heterocycles. The summed E-state index contributed by atoms with van der Waals surface area (Å²) in [4.78, 5) is 0. The van der Waals surface area contributed by atoms with Gasteiger partial charge in [0.25, 0.3) is 0 Å². The molecule has 0 spiro atoms. The van der Waals surface area contributed by atoms with Crippen molar-refractivity contribution in [3.8, 4) is 0 Å². The highest BCUT2D eigenvalue weighted by molar-refractivity contribution is 5.59. The summed E-state index contributed by atoms with van der Waals surface area (Å²) in [6.45, 7) is 4.54. The Bertz CT molecular complexity index is 386. The van der Waals surface area contributed by atoms with Gasteiger partial charge in [-0.1, -0.05) is 19.8 Å². The Kier molecular flexibility index (Phi) is 5.67. The van der Waals surface area contributed by atoms with Crippen LogP contribution >= 0.6 is 0 Å². The van der Waals surface area contributed by atoms with E-state index in [0.29, 0.717) is 17.9 Å². The predicted molar refractivity (Wildman–Crippen MR) is 65.5 cm³/mol. The van der Waals surface area contributed by atoms with Crippen LogP contribution in [-0.2, 0) is 4.74 Å². The summed E-state index contributed by atoms with van der Waals surface area (Å²) in [7, 11) is 0. The summed E-state index contributed by atoms with van der Waals surface area (Å²) in [5, 5.41) is 0. The zero-order valence-electron chi connectivity index (χ0n) is 10.3. The molecule has 0 aliphatic carbocycles. The van der Waals surface area contributed by atoms with E-state index in [0.717, 1.165) is 31.4 Å². The molecule has 0 unspecified atom stereocenters. The van der Waals surface area contributed by atoms with Crippen LogP contribution in [0.2, 0.25) is 0 Å². The monoisotopic (exact) mass is 240 g/mol. The van der Waals surface area contributed by atoms with Crippen LogP contribution in [0, 0.1) is 11.6 Å². The number of benzene rings is 1. The predicted octanol–water partition coefficient (Wildman–Crippen LogP) is 4.53. The van der Waals surface area contributed by atoms with Gasteiger partial charge in [-0.2, -0.15) is 0 Å². The van der Waals surface area contributed by atoms with Crippen LogP contribution in [-0.4, -0.2) is 6.61 Å². The number of hydrogen-bond acceptors (Lipinski definition) is 1. The minimum atomic E-state index is -0.848. The molecule has 1 aromatic rings. The van der Waals surface area contributed by atoms with Gasteiger partial charge in [0.2, 0.25) is 0 Å². The molecule has 94 valence electrons. The molecule has 1 nitrogen and oxygen atoms in total. The Morgan fingerprint density at radius 1 is 1.24 bits per heavy atom. The van der Waals surface area contributed by atoms with E-state index in [9.17, 15) is 8.78 Å². The van der Waals surface area contributed by atoms with Gasteiger partial charge in [-0.25, -0.2) is 8.78 Å². The first-order chi connectivity index (χ1) is 8.19. The van der Waals surface area contributed by atoms with Gasteiger partial charge >= 0.3 is 0 Å². The minimum absolute atomic E-state index is 0.572. The van der Waals surface area contributed by atoms with E-state index in [2.05, 4.69) is 6.92 Å². The van der Waals surface area contributed by atoms with Crippen molar-refractivity contribution in [2.75, 3.05) is 6.61 Å². The third-order valence-corrected chi connectivity index (χ3v) is 2.47. The van der Waals surface area contributed by atoms with Crippen LogP contribution in [0.5, 0.6) is 0 Å². The highest BCUT2D eigenvalue weighted by Crippen LogP contribution is 2.19. The highest BCUT2D eigenvalue weighted by Gasteiger charge is 2.06. The maximum atomic E-state index is 13.1. The molecule has 0 aliphatic heterocycles. The lowest BCUT2D eigenvalue weighted by Gasteiger charge is -2.10. The first-order valence-electron chi connectivity index (χ1n) is 5.93. The SMILES string of the molecule is CC=C(OCCCCC)c1ccc(F)c(F)c1. The van der Waals surface area contributed by atoms with E-state index in [1.165, 1.54) is 6.07 Å². The average Bonchev–Trinajstić information content (AvgIpc) is 2.33. The lowest BCUT2D eigenvalue weighted by atomic mass is 10.1. The molecule has 1 aromatic carbocycles. The summed E-state index contributed by atoms with van der Waals surface area (Å²) in [5.74, 6) is -1.09. The van der Waals surface area contributed by atoms with Gasteiger partial charge in [0.1, 0.15) is 5.76 Å². The topological polar surface area (TPSA) is 9.23 Å². The quantitative estimate of drug-likeness (QED) is 0.524. The second-order valence-corrected chi connectivity index (χ2v) is 3.84. The van der Waals surface area contributed by atoms with Crippen molar-refractivity contribution < 1.29 is 13.5 Å². The molecule has 0 aromatic heterocycles. The van der Waals surface area contributed by atoms with Crippen LogP contribution in [0.4, 0.5) is 8.78 Å². The Morgan fingerprint density at radius 3 is 2.59 bits per heavy atom. The van der Waals surface area contributed by atoms with Gasteiger partial charge in [-0.15, -0.1) is 0 Å². The van der Waals surface area contributed by atoms with Crippen molar-refractivity contribution >= 4 is 5.76 Å². The van der Waals surface area contributed by atoms with Crippen LogP contribution in [0.3, 0.4) is 0 Å². The molecule has 0 saturated heterocycles. The fourth-order valence-corrected chi connectivity index (χ4v) is 1.52.